The Kier molecular flexibility index (Phi) is 2.32. The first-order chi connectivity index (χ1) is 7.00. The number of nitrogens with zero attached hydrogens (tertiary/aromatic N) is 1. The fourth-order valence-electron chi connectivity index (χ4n) is 1.27. The fourth-order valence-corrected chi connectivity index (χ4v) is 2.27. The highest BCUT2D eigenvalue weighted by Crippen LogP contribution is 2.35. The minimum absolute atomic E-state index is 0.490. The summed E-state index contributed by atoms with van der Waals surface area (Å²) in [7, 11) is 0.990. The number of hydrogen-bond acceptors (Lipinski definition) is 4. The largest absolute Gasteiger partial charge is 0.430 e. The summed E-state index contributed by atoms with van der Waals surface area (Å²) in [6.07, 6.45) is -1.90. The molecule has 0 unspecified atom stereocenters. The van der Waals surface area contributed by atoms with E-state index in [1.165, 1.54) is 0 Å². The van der Waals surface area contributed by atoms with E-state index in [0.29, 0.717) is 9.87 Å². The van der Waals surface area contributed by atoms with Gasteiger partial charge >= 0.3 is 15.3 Å². The molecule has 1 saturated heterocycles. The number of halogens is 1. The standard InChI is InChI=1S/C8H6ClNO4S/c9-15(12,13)10-7(14-8(10)11)6-4-2-1-3-5-6/h1-5,7H/t7-/m0/s1. The van der Waals surface area contributed by atoms with Crippen LogP contribution in [0.1, 0.15) is 11.8 Å². The van der Waals surface area contributed by atoms with Gasteiger partial charge in [-0.2, -0.15) is 8.42 Å². The molecule has 15 heavy (non-hydrogen) atoms. The molecule has 0 N–H and O–H groups in total. The summed E-state index contributed by atoms with van der Waals surface area (Å²) in [6, 6.07) is 8.48. The number of amides is 1. The Morgan fingerprint density at radius 2 is 1.87 bits per heavy atom. The van der Waals surface area contributed by atoms with Crippen LogP contribution in [0.25, 0.3) is 0 Å². The van der Waals surface area contributed by atoms with Gasteiger partial charge in [0.15, 0.2) is 0 Å². The highest BCUT2D eigenvalue weighted by molar-refractivity contribution is 8.12. The number of benzene rings is 1. The maximum absolute atomic E-state index is 11.0. The third-order valence-corrected chi connectivity index (χ3v) is 3.18. The second kappa shape index (κ2) is 3.39. The van der Waals surface area contributed by atoms with Crippen molar-refractivity contribution in [3.63, 3.8) is 0 Å². The third-order valence-electron chi connectivity index (χ3n) is 1.93. The van der Waals surface area contributed by atoms with Crippen LogP contribution in [0.15, 0.2) is 30.3 Å². The van der Waals surface area contributed by atoms with E-state index in [1.807, 2.05) is 0 Å². The summed E-state index contributed by atoms with van der Waals surface area (Å²) in [5, 5.41) is 0. The molecule has 1 fully saturated rings. The van der Waals surface area contributed by atoms with Crippen LogP contribution in [0.4, 0.5) is 4.79 Å². The van der Waals surface area contributed by atoms with E-state index < -0.39 is 21.6 Å². The summed E-state index contributed by atoms with van der Waals surface area (Å²) in [5.41, 5.74) is 0.557. The Hall–Kier alpha value is -1.27. The average molecular weight is 248 g/mol. The lowest BCUT2D eigenvalue weighted by Crippen LogP contribution is -2.49. The maximum Gasteiger partial charge on any atom is 0.430 e. The molecule has 1 amide bonds. The van der Waals surface area contributed by atoms with Crippen molar-refractivity contribution in [2.75, 3.05) is 0 Å². The van der Waals surface area contributed by atoms with E-state index in [-0.39, 0.29) is 0 Å². The zero-order valence-electron chi connectivity index (χ0n) is 7.33. The van der Waals surface area contributed by atoms with Crippen LogP contribution in [0.2, 0.25) is 0 Å². The van der Waals surface area contributed by atoms with Crippen LogP contribution in [0.5, 0.6) is 0 Å². The minimum Gasteiger partial charge on any atom is -0.419 e. The molecule has 1 aromatic rings. The molecule has 1 heterocycles. The molecule has 0 aromatic heterocycles. The van der Waals surface area contributed by atoms with Crippen LogP contribution >= 0.6 is 10.7 Å². The molecular formula is C8H6ClNO4S. The van der Waals surface area contributed by atoms with Crippen molar-refractivity contribution >= 4 is 26.0 Å². The van der Waals surface area contributed by atoms with E-state index in [2.05, 4.69) is 4.74 Å². The van der Waals surface area contributed by atoms with Crippen molar-refractivity contribution in [2.45, 2.75) is 6.23 Å². The predicted molar refractivity (Wildman–Crippen MR) is 52.3 cm³/mol. The molecule has 0 aliphatic carbocycles. The van der Waals surface area contributed by atoms with Gasteiger partial charge in [-0.15, -0.1) is 4.31 Å². The van der Waals surface area contributed by atoms with Gasteiger partial charge in [-0.1, -0.05) is 30.3 Å². The van der Waals surface area contributed by atoms with E-state index in [0.717, 1.165) is 0 Å². The normalized spacial score (nSPS) is 20.7. The Labute approximate surface area is 90.8 Å². The molecule has 2 rings (SSSR count). The molecule has 1 aliphatic heterocycles. The van der Waals surface area contributed by atoms with Crippen LogP contribution in [0, 0.1) is 0 Å². The summed E-state index contributed by atoms with van der Waals surface area (Å²) >= 11 is 0. The Balaban J connectivity index is 2.31. The molecule has 0 bridgehead atoms. The van der Waals surface area contributed by atoms with Gasteiger partial charge in [-0.05, 0) is 0 Å². The Morgan fingerprint density at radius 3 is 2.33 bits per heavy atom. The highest BCUT2D eigenvalue weighted by atomic mass is 35.7. The Morgan fingerprint density at radius 1 is 1.27 bits per heavy atom. The third kappa shape index (κ3) is 1.78. The fraction of sp³-hybridized carbons (Fsp3) is 0.125. The van der Waals surface area contributed by atoms with E-state index in [4.69, 9.17) is 10.7 Å². The van der Waals surface area contributed by atoms with Gasteiger partial charge in [0.2, 0.25) is 6.23 Å². The van der Waals surface area contributed by atoms with E-state index >= 15 is 0 Å². The first-order valence-electron chi connectivity index (χ1n) is 4.00. The molecule has 0 saturated carbocycles. The highest BCUT2D eigenvalue weighted by Gasteiger charge is 2.47. The average Bonchev–Trinajstić information content (AvgIpc) is 2.12. The predicted octanol–water partition coefficient (Wildman–Crippen LogP) is 1.62. The van der Waals surface area contributed by atoms with Crippen molar-refractivity contribution in [1.29, 1.82) is 0 Å². The van der Waals surface area contributed by atoms with E-state index in [9.17, 15) is 13.2 Å². The summed E-state index contributed by atoms with van der Waals surface area (Å²) in [4.78, 5) is 10.9. The summed E-state index contributed by atoms with van der Waals surface area (Å²) in [5.74, 6) is 0. The Bertz CT molecular complexity index is 487. The number of ether oxygens (including phenoxy) is 1. The SMILES string of the molecule is O=C1O[C@@H](c2ccccc2)N1S(=O)(=O)Cl. The second-order valence-corrected chi connectivity index (χ2v) is 5.27. The number of rotatable bonds is 2. The molecule has 1 aliphatic rings. The van der Waals surface area contributed by atoms with Gasteiger partial charge in [0.25, 0.3) is 0 Å². The topological polar surface area (TPSA) is 63.7 Å². The summed E-state index contributed by atoms with van der Waals surface area (Å²) in [6.45, 7) is 0. The van der Waals surface area contributed by atoms with Crippen LogP contribution in [0.3, 0.4) is 0 Å². The molecule has 7 heteroatoms. The van der Waals surface area contributed by atoms with Crippen LogP contribution in [-0.2, 0) is 14.0 Å². The molecule has 1 atom stereocenters. The number of hydrogen-bond donors (Lipinski definition) is 0. The lowest BCUT2D eigenvalue weighted by Gasteiger charge is -2.36. The molecule has 80 valence electrons. The van der Waals surface area contributed by atoms with Gasteiger partial charge < -0.3 is 4.74 Å². The summed E-state index contributed by atoms with van der Waals surface area (Å²) < 4.78 is 27.2. The van der Waals surface area contributed by atoms with Crippen LogP contribution < -0.4 is 0 Å². The van der Waals surface area contributed by atoms with E-state index in [1.54, 1.807) is 30.3 Å². The maximum atomic E-state index is 11.0. The lowest BCUT2D eigenvalue weighted by atomic mass is 10.2. The monoisotopic (exact) mass is 247 g/mol. The zero-order chi connectivity index (χ0) is 11.1. The van der Waals surface area contributed by atoms with Gasteiger partial charge in [-0.25, -0.2) is 4.79 Å². The molecule has 0 radical (unpaired) electrons. The molecule has 1 aromatic carbocycles. The zero-order valence-corrected chi connectivity index (χ0v) is 8.90. The molecule has 0 spiro atoms. The van der Waals surface area contributed by atoms with Crippen molar-refractivity contribution in [3.05, 3.63) is 35.9 Å². The number of cyclic esters (lactones) is 1. The second-order valence-electron chi connectivity index (χ2n) is 2.88. The quantitative estimate of drug-likeness (QED) is 0.745. The van der Waals surface area contributed by atoms with Gasteiger partial charge in [0.05, 0.1) is 0 Å². The molecule has 5 nitrogen and oxygen atoms in total. The molecular weight excluding hydrogens is 242 g/mol. The minimum atomic E-state index is -4.08. The number of carbonyl (C=O) groups is 1. The smallest absolute Gasteiger partial charge is 0.419 e. The van der Waals surface area contributed by atoms with Crippen molar-refractivity contribution < 1.29 is 17.9 Å². The van der Waals surface area contributed by atoms with Gasteiger partial charge in [-0.3, -0.25) is 0 Å². The lowest BCUT2D eigenvalue weighted by molar-refractivity contribution is -0.0517. The van der Waals surface area contributed by atoms with Crippen LogP contribution in [-0.4, -0.2) is 18.8 Å². The van der Waals surface area contributed by atoms with Gasteiger partial charge in [0.1, 0.15) is 0 Å². The first kappa shape index (κ1) is 10.3. The number of carbonyl (C=O) groups excluding carboxylic acids is 1. The van der Waals surface area contributed by atoms with Crippen molar-refractivity contribution in [1.82, 2.24) is 4.31 Å². The van der Waals surface area contributed by atoms with Gasteiger partial charge in [0, 0.05) is 16.2 Å². The van der Waals surface area contributed by atoms with Crippen molar-refractivity contribution in [2.24, 2.45) is 0 Å². The first-order valence-corrected chi connectivity index (χ1v) is 6.26. The van der Waals surface area contributed by atoms with Crippen molar-refractivity contribution in [3.8, 4) is 0 Å².